The van der Waals surface area contributed by atoms with E-state index in [0.717, 1.165) is 16.7 Å². The third-order valence-corrected chi connectivity index (χ3v) is 9.39. The molecule has 0 spiro atoms. The van der Waals surface area contributed by atoms with Crippen molar-refractivity contribution < 1.29 is 23.1 Å². The number of benzene rings is 2. The number of aliphatic hydroxyl groups excluding tert-OH is 1. The van der Waals surface area contributed by atoms with E-state index in [9.17, 15) is 18.3 Å². The van der Waals surface area contributed by atoms with Crippen LogP contribution in [0.1, 0.15) is 29.8 Å². The largest absolute Gasteiger partial charge is 0.394 e. The van der Waals surface area contributed by atoms with Gasteiger partial charge < -0.3 is 14.7 Å². The Morgan fingerprint density at radius 1 is 1.11 bits per heavy atom. The number of hydrogen-bond donors (Lipinski definition) is 1. The molecular weight excluding hydrogens is 496 g/mol. The summed E-state index contributed by atoms with van der Waals surface area (Å²) in [5.74, 6) is -0.380. The van der Waals surface area contributed by atoms with Crippen LogP contribution in [0.15, 0.2) is 70.3 Å². The predicted molar refractivity (Wildman–Crippen MR) is 141 cm³/mol. The van der Waals surface area contributed by atoms with Gasteiger partial charge >= 0.3 is 0 Å². The van der Waals surface area contributed by atoms with Crippen molar-refractivity contribution in [2.45, 2.75) is 37.5 Å². The van der Waals surface area contributed by atoms with E-state index in [1.165, 1.54) is 15.6 Å². The van der Waals surface area contributed by atoms with Crippen LogP contribution in [0.5, 0.6) is 0 Å². The summed E-state index contributed by atoms with van der Waals surface area (Å²) < 4.78 is 33.9. The first-order valence-corrected chi connectivity index (χ1v) is 14.3. The Balaban J connectivity index is 1.74. The molecule has 1 N–H and O–H groups in total. The summed E-state index contributed by atoms with van der Waals surface area (Å²) in [6.45, 7) is 4.29. The first-order valence-electron chi connectivity index (χ1n) is 11.9. The van der Waals surface area contributed by atoms with E-state index >= 15 is 0 Å². The van der Waals surface area contributed by atoms with Crippen LogP contribution >= 0.6 is 11.3 Å². The summed E-state index contributed by atoms with van der Waals surface area (Å²) in [7, 11) is -2.12. The van der Waals surface area contributed by atoms with E-state index in [1.807, 2.05) is 62.4 Å². The normalized spacial score (nSPS) is 19.9. The topological polar surface area (TPSA) is 87.2 Å². The predicted octanol–water partition coefficient (Wildman–Crippen LogP) is 4.09. The lowest BCUT2D eigenvalue weighted by molar-refractivity contribution is -0.0146. The molecule has 1 aliphatic heterocycles. The molecule has 0 fully saturated rings. The van der Waals surface area contributed by atoms with Gasteiger partial charge in [-0.2, -0.15) is 15.6 Å². The number of rotatable bonds is 6. The molecule has 0 unspecified atom stereocenters. The van der Waals surface area contributed by atoms with Gasteiger partial charge in [0.15, 0.2) is 0 Å². The maximum Gasteiger partial charge on any atom is 0.254 e. The number of aliphatic hydroxyl groups is 1. The van der Waals surface area contributed by atoms with Gasteiger partial charge in [0.1, 0.15) is 0 Å². The van der Waals surface area contributed by atoms with Crippen LogP contribution in [-0.2, 0) is 21.4 Å². The summed E-state index contributed by atoms with van der Waals surface area (Å²) in [6.07, 6.45) is -0.487. The zero-order chi connectivity index (χ0) is 25.9. The average molecular weight is 529 g/mol. The zero-order valence-electron chi connectivity index (χ0n) is 20.7. The first kappa shape index (κ1) is 26.5. The van der Waals surface area contributed by atoms with Crippen LogP contribution in [0.2, 0.25) is 0 Å². The second-order valence-corrected chi connectivity index (χ2v) is 12.1. The van der Waals surface area contributed by atoms with E-state index in [-0.39, 0.29) is 36.5 Å². The van der Waals surface area contributed by atoms with Crippen molar-refractivity contribution in [1.82, 2.24) is 9.21 Å². The molecule has 1 amide bonds. The third-order valence-electron chi connectivity index (χ3n) is 6.73. The molecule has 192 valence electrons. The van der Waals surface area contributed by atoms with Crippen LogP contribution < -0.4 is 0 Å². The Hall–Kier alpha value is -2.56. The number of carbonyl (C=O) groups excluding carboxylic acids is 1. The number of hydrogen-bond acceptors (Lipinski definition) is 6. The lowest BCUT2D eigenvalue weighted by atomic mass is 9.94. The summed E-state index contributed by atoms with van der Waals surface area (Å²) >= 11 is 1.33. The van der Waals surface area contributed by atoms with Gasteiger partial charge in [-0.1, -0.05) is 49.4 Å². The molecular formula is C27H32N2O5S2. The van der Waals surface area contributed by atoms with Gasteiger partial charge in [-0.05, 0) is 41.1 Å². The molecule has 0 saturated heterocycles. The van der Waals surface area contributed by atoms with Crippen molar-refractivity contribution in [2.24, 2.45) is 5.92 Å². The van der Waals surface area contributed by atoms with Gasteiger partial charge in [0.25, 0.3) is 5.91 Å². The van der Waals surface area contributed by atoms with E-state index < -0.39 is 22.2 Å². The number of amides is 1. The molecule has 0 aliphatic carbocycles. The van der Waals surface area contributed by atoms with Crippen LogP contribution in [0, 0.1) is 5.92 Å². The molecule has 2 aromatic carbocycles. The molecule has 4 rings (SSSR count). The van der Waals surface area contributed by atoms with Crippen molar-refractivity contribution in [1.29, 1.82) is 0 Å². The number of nitrogens with zero attached hydrogens (tertiary/aromatic N) is 2. The molecule has 36 heavy (non-hydrogen) atoms. The van der Waals surface area contributed by atoms with Gasteiger partial charge in [0, 0.05) is 37.0 Å². The highest BCUT2D eigenvalue weighted by Gasteiger charge is 2.32. The lowest BCUT2D eigenvalue weighted by Crippen LogP contribution is -2.47. The number of fused-ring (bicyclic) bond motifs is 3. The number of carbonyl (C=O) groups is 1. The standard InChI is InChI=1S/C27H32N2O5S2/c1-19-14-29(20(2)16-30)27(31)25-11-7-6-10-24(25)23-9-5-4-8-21(23)17-34-26(19)15-28(3)36(32,33)22-12-13-35-18-22/h4-13,18-20,26,30H,14-17H2,1-3H3/t19-,20+,26-/m0/s1. The lowest BCUT2D eigenvalue weighted by Gasteiger charge is -2.34. The minimum absolute atomic E-state index is 0.129. The highest BCUT2D eigenvalue weighted by molar-refractivity contribution is 7.89. The Kier molecular flexibility index (Phi) is 8.27. The van der Waals surface area contributed by atoms with Crippen molar-refractivity contribution in [2.75, 3.05) is 26.7 Å². The minimum atomic E-state index is -3.67. The molecule has 1 aromatic heterocycles. The summed E-state index contributed by atoms with van der Waals surface area (Å²) in [5.41, 5.74) is 3.18. The minimum Gasteiger partial charge on any atom is -0.394 e. The van der Waals surface area contributed by atoms with Gasteiger partial charge in [-0.25, -0.2) is 8.42 Å². The van der Waals surface area contributed by atoms with Crippen LogP contribution in [0.3, 0.4) is 0 Å². The summed E-state index contributed by atoms with van der Waals surface area (Å²) in [5, 5.41) is 13.3. The quantitative estimate of drug-likeness (QED) is 0.521. The average Bonchev–Trinajstić information content (AvgIpc) is 3.44. The third kappa shape index (κ3) is 5.40. The Bertz CT molecular complexity index is 1290. The molecule has 0 saturated carbocycles. The Labute approximate surface area is 217 Å². The second-order valence-electron chi connectivity index (χ2n) is 9.26. The monoisotopic (exact) mass is 528 g/mol. The maximum atomic E-state index is 13.8. The Morgan fingerprint density at radius 3 is 2.44 bits per heavy atom. The number of likely N-dealkylation sites (N-methyl/N-ethyl adjacent to an activating group) is 1. The molecule has 7 nitrogen and oxygen atoms in total. The molecule has 3 aromatic rings. The van der Waals surface area contributed by atoms with Gasteiger partial charge in [0.2, 0.25) is 10.0 Å². The van der Waals surface area contributed by atoms with Gasteiger partial charge in [0.05, 0.1) is 30.3 Å². The van der Waals surface area contributed by atoms with Crippen molar-refractivity contribution >= 4 is 27.3 Å². The molecule has 0 bridgehead atoms. The fourth-order valence-corrected chi connectivity index (χ4v) is 6.68. The smallest absolute Gasteiger partial charge is 0.254 e. The fourth-order valence-electron chi connectivity index (χ4n) is 4.48. The Morgan fingerprint density at radius 2 is 1.78 bits per heavy atom. The summed E-state index contributed by atoms with van der Waals surface area (Å²) in [6, 6.07) is 16.4. The van der Waals surface area contributed by atoms with Crippen molar-refractivity contribution in [3.63, 3.8) is 0 Å². The highest BCUT2D eigenvalue weighted by Crippen LogP contribution is 2.31. The molecule has 0 radical (unpaired) electrons. The number of thiophene rings is 1. The summed E-state index contributed by atoms with van der Waals surface area (Å²) in [4.78, 5) is 15.8. The van der Waals surface area contributed by atoms with E-state index in [2.05, 4.69) is 0 Å². The zero-order valence-corrected chi connectivity index (χ0v) is 22.3. The van der Waals surface area contributed by atoms with E-state index in [1.54, 1.807) is 28.8 Å². The van der Waals surface area contributed by atoms with E-state index in [0.29, 0.717) is 12.1 Å². The molecule has 9 heteroatoms. The number of sulfonamides is 1. The molecule has 1 aliphatic rings. The van der Waals surface area contributed by atoms with Gasteiger partial charge in [-0.3, -0.25) is 4.79 Å². The maximum absolute atomic E-state index is 13.8. The van der Waals surface area contributed by atoms with Gasteiger partial charge in [-0.15, -0.1) is 0 Å². The van der Waals surface area contributed by atoms with Crippen LogP contribution in [-0.4, -0.2) is 67.5 Å². The molecule has 2 heterocycles. The van der Waals surface area contributed by atoms with E-state index in [4.69, 9.17) is 4.74 Å². The van der Waals surface area contributed by atoms with Crippen molar-refractivity contribution in [3.05, 3.63) is 76.5 Å². The van der Waals surface area contributed by atoms with Crippen LogP contribution in [0.4, 0.5) is 0 Å². The highest BCUT2D eigenvalue weighted by atomic mass is 32.2. The van der Waals surface area contributed by atoms with Crippen LogP contribution in [0.25, 0.3) is 11.1 Å². The first-order chi connectivity index (χ1) is 17.2. The molecule has 3 atom stereocenters. The second kappa shape index (κ2) is 11.2. The fraction of sp³-hybridized carbons (Fsp3) is 0.370. The SMILES string of the molecule is C[C@H](CO)N1C[C@H](C)[C@H](CN(C)S(=O)(=O)c2ccsc2)OCc2ccccc2-c2ccccc2C1=O. The number of ether oxygens (including phenoxy) is 1. The van der Waals surface area contributed by atoms with Crippen molar-refractivity contribution in [3.8, 4) is 11.1 Å².